The summed E-state index contributed by atoms with van der Waals surface area (Å²) in [6, 6.07) is 9.62. The number of amides is 1. The van der Waals surface area contributed by atoms with Crippen molar-refractivity contribution in [2.75, 3.05) is 13.2 Å². The molecule has 0 aliphatic heterocycles. The zero-order chi connectivity index (χ0) is 13.4. The number of nitrogens with one attached hydrogen (secondary N) is 1. The summed E-state index contributed by atoms with van der Waals surface area (Å²) in [6.07, 6.45) is 0.866. The molecule has 1 amide bonds. The summed E-state index contributed by atoms with van der Waals surface area (Å²) in [5.41, 5.74) is 6.60. The van der Waals surface area contributed by atoms with E-state index < -0.39 is 6.04 Å². The highest BCUT2D eigenvalue weighted by Crippen LogP contribution is 2.15. The van der Waals surface area contributed by atoms with Gasteiger partial charge in [-0.15, -0.1) is 12.4 Å². The van der Waals surface area contributed by atoms with Gasteiger partial charge in [0.25, 0.3) is 0 Å². The van der Waals surface area contributed by atoms with Gasteiger partial charge in [-0.05, 0) is 25.8 Å². The Labute approximate surface area is 121 Å². The molecule has 0 heterocycles. The molecule has 2 atom stereocenters. The molecule has 3 N–H and O–H groups in total. The average Bonchev–Trinajstić information content (AvgIpc) is 2.38. The largest absolute Gasteiger partial charge is 0.374 e. The number of halogens is 1. The molecule has 5 heteroatoms. The molecule has 1 aromatic rings. The first-order valence-corrected chi connectivity index (χ1v) is 6.31. The molecule has 0 saturated carbocycles. The maximum Gasteiger partial charge on any atom is 0.236 e. The quantitative estimate of drug-likeness (QED) is 0.754. The fourth-order valence-electron chi connectivity index (χ4n) is 1.53. The van der Waals surface area contributed by atoms with Crippen LogP contribution < -0.4 is 11.1 Å². The minimum absolute atomic E-state index is 0. The lowest BCUT2D eigenvalue weighted by atomic mass is 10.1. The second-order valence-corrected chi connectivity index (χ2v) is 4.36. The molecule has 4 nitrogen and oxygen atoms in total. The molecular weight excluding hydrogens is 264 g/mol. The van der Waals surface area contributed by atoms with Crippen molar-refractivity contribution in [3.05, 3.63) is 35.9 Å². The molecule has 1 aromatic carbocycles. The highest BCUT2D eigenvalue weighted by atomic mass is 35.5. The Morgan fingerprint density at radius 1 is 1.32 bits per heavy atom. The summed E-state index contributed by atoms with van der Waals surface area (Å²) in [6.45, 7) is 4.91. The van der Waals surface area contributed by atoms with Crippen molar-refractivity contribution < 1.29 is 9.53 Å². The Kier molecular flexibility index (Phi) is 9.21. The fourth-order valence-corrected chi connectivity index (χ4v) is 1.53. The van der Waals surface area contributed by atoms with E-state index >= 15 is 0 Å². The topological polar surface area (TPSA) is 64.4 Å². The molecular formula is C14H23ClN2O2. The molecule has 0 spiro atoms. The minimum atomic E-state index is -0.450. The zero-order valence-corrected chi connectivity index (χ0v) is 12.3. The monoisotopic (exact) mass is 286 g/mol. The Morgan fingerprint density at radius 2 is 1.95 bits per heavy atom. The Balaban J connectivity index is 0.00000324. The van der Waals surface area contributed by atoms with Gasteiger partial charge in [0, 0.05) is 13.2 Å². The number of benzene rings is 1. The number of hydrogen-bond acceptors (Lipinski definition) is 3. The van der Waals surface area contributed by atoms with Crippen LogP contribution in [0.15, 0.2) is 30.3 Å². The summed E-state index contributed by atoms with van der Waals surface area (Å²) in [4.78, 5) is 11.2. The molecule has 19 heavy (non-hydrogen) atoms. The number of carbonyl (C=O) groups is 1. The third-order valence-electron chi connectivity index (χ3n) is 2.67. The summed E-state index contributed by atoms with van der Waals surface area (Å²) in [7, 11) is 0. The van der Waals surface area contributed by atoms with Crippen LogP contribution in [0.3, 0.4) is 0 Å². The normalized spacial score (nSPS) is 13.2. The van der Waals surface area contributed by atoms with Gasteiger partial charge in [0.05, 0.1) is 12.1 Å². The van der Waals surface area contributed by atoms with Crippen LogP contribution in [0.1, 0.15) is 31.9 Å². The third kappa shape index (κ3) is 7.15. The van der Waals surface area contributed by atoms with Gasteiger partial charge in [0.2, 0.25) is 5.91 Å². The third-order valence-corrected chi connectivity index (χ3v) is 2.67. The number of ether oxygens (including phenoxy) is 1. The van der Waals surface area contributed by atoms with Gasteiger partial charge < -0.3 is 15.8 Å². The smallest absolute Gasteiger partial charge is 0.236 e. The number of rotatable bonds is 7. The van der Waals surface area contributed by atoms with E-state index in [0.29, 0.717) is 13.2 Å². The van der Waals surface area contributed by atoms with E-state index in [-0.39, 0.29) is 24.4 Å². The molecule has 0 aromatic heterocycles. The van der Waals surface area contributed by atoms with E-state index in [1.165, 1.54) is 0 Å². The van der Waals surface area contributed by atoms with Crippen molar-refractivity contribution in [1.82, 2.24) is 5.32 Å². The number of nitrogens with two attached hydrogens (primary N) is 1. The second-order valence-electron chi connectivity index (χ2n) is 4.36. The van der Waals surface area contributed by atoms with Crippen LogP contribution in [-0.2, 0) is 9.53 Å². The first-order valence-electron chi connectivity index (χ1n) is 6.31. The lowest BCUT2D eigenvalue weighted by molar-refractivity contribution is -0.122. The molecule has 0 aliphatic carbocycles. The number of carbonyl (C=O) groups excluding carboxylic acids is 1. The summed E-state index contributed by atoms with van der Waals surface area (Å²) >= 11 is 0. The van der Waals surface area contributed by atoms with Crippen LogP contribution in [0.2, 0.25) is 0 Å². The zero-order valence-electron chi connectivity index (χ0n) is 11.5. The van der Waals surface area contributed by atoms with Crippen molar-refractivity contribution in [3.8, 4) is 0 Å². The van der Waals surface area contributed by atoms with E-state index in [9.17, 15) is 4.79 Å². The van der Waals surface area contributed by atoms with Crippen LogP contribution in [-0.4, -0.2) is 25.1 Å². The Hall–Kier alpha value is -1.10. The molecule has 0 aliphatic rings. The molecule has 2 unspecified atom stereocenters. The van der Waals surface area contributed by atoms with Crippen LogP contribution in [0.5, 0.6) is 0 Å². The lowest BCUT2D eigenvalue weighted by Gasteiger charge is -2.13. The highest BCUT2D eigenvalue weighted by molar-refractivity contribution is 5.85. The van der Waals surface area contributed by atoms with E-state index in [1.807, 2.05) is 37.3 Å². The average molecular weight is 287 g/mol. The van der Waals surface area contributed by atoms with Gasteiger partial charge in [0.1, 0.15) is 0 Å². The maximum absolute atomic E-state index is 11.2. The molecule has 108 valence electrons. The fraction of sp³-hybridized carbons (Fsp3) is 0.500. The SMILES string of the molecule is CC(N)C(=O)NCCCOC(C)c1ccccc1.Cl. The van der Waals surface area contributed by atoms with Crippen molar-refractivity contribution in [3.63, 3.8) is 0 Å². The predicted octanol–water partition coefficient (Wildman–Crippen LogP) is 2.04. The first kappa shape index (κ1) is 17.9. The Morgan fingerprint density at radius 3 is 2.53 bits per heavy atom. The van der Waals surface area contributed by atoms with Crippen molar-refractivity contribution in [2.24, 2.45) is 5.73 Å². The summed E-state index contributed by atoms with van der Waals surface area (Å²) < 4.78 is 5.69. The van der Waals surface area contributed by atoms with E-state index in [2.05, 4.69) is 5.32 Å². The standard InChI is InChI=1S/C14H22N2O2.ClH/c1-11(15)14(17)16-9-6-10-18-12(2)13-7-4-3-5-8-13;/h3-5,7-8,11-12H,6,9-10,15H2,1-2H3,(H,16,17);1H. The van der Waals surface area contributed by atoms with E-state index in [4.69, 9.17) is 10.5 Å². The van der Waals surface area contributed by atoms with E-state index in [1.54, 1.807) is 6.92 Å². The highest BCUT2D eigenvalue weighted by Gasteiger charge is 2.06. The predicted molar refractivity (Wildman–Crippen MR) is 79.3 cm³/mol. The van der Waals surface area contributed by atoms with Gasteiger partial charge in [-0.25, -0.2) is 0 Å². The van der Waals surface area contributed by atoms with Gasteiger partial charge in [-0.1, -0.05) is 30.3 Å². The van der Waals surface area contributed by atoms with Crippen molar-refractivity contribution in [2.45, 2.75) is 32.4 Å². The molecule has 0 fully saturated rings. The van der Waals surface area contributed by atoms with Crippen LogP contribution in [0.4, 0.5) is 0 Å². The van der Waals surface area contributed by atoms with Gasteiger partial charge >= 0.3 is 0 Å². The van der Waals surface area contributed by atoms with Crippen molar-refractivity contribution >= 4 is 18.3 Å². The van der Waals surface area contributed by atoms with Crippen LogP contribution in [0.25, 0.3) is 0 Å². The Bertz CT molecular complexity index is 358. The minimum Gasteiger partial charge on any atom is -0.374 e. The second kappa shape index (κ2) is 9.78. The van der Waals surface area contributed by atoms with Crippen molar-refractivity contribution in [1.29, 1.82) is 0 Å². The van der Waals surface area contributed by atoms with Crippen LogP contribution in [0, 0.1) is 0 Å². The summed E-state index contributed by atoms with van der Waals surface area (Å²) in [5, 5.41) is 2.75. The van der Waals surface area contributed by atoms with E-state index in [0.717, 1.165) is 12.0 Å². The van der Waals surface area contributed by atoms with Gasteiger partial charge in [-0.3, -0.25) is 4.79 Å². The van der Waals surface area contributed by atoms with Gasteiger partial charge in [0.15, 0.2) is 0 Å². The van der Waals surface area contributed by atoms with Gasteiger partial charge in [-0.2, -0.15) is 0 Å². The maximum atomic E-state index is 11.2. The number of hydrogen-bond donors (Lipinski definition) is 2. The summed E-state index contributed by atoms with van der Waals surface area (Å²) in [5.74, 6) is -0.119. The molecule has 0 saturated heterocycles. The molecule has 0 bridgehead atoms. The first-order chi connectivity index (χ1) is 8.61. The molecule has 1 rings (SSSR count). The van der Waals surface area contributed by atoms with Crippen LogP contribution >= 0.6 is 12.4 Å². The molecule has 0 radical (unpaired) electrons. The lowest BCUT2D eigenvalue weighted by Crippen LogP contribution is -2.38.